The minimum Gasteiger partial charge on any atom is -0.463 e. The smallest absolute Gasteiger partial charge is 0.369 e. The van der Waals surface area contributed by atoms with Gasteiger partial charge in [0.2, 0.25) is 0 Å². The van der Waals surface area contributed by atoms with Crippen molar-refractivity contribution in [2.75, 3.05) is 13.2 Å². The van der Waals surface area contributed by atoms with E-state index in [0.29, 0.717) is 26.1 Å². The molecule has 48 heavy (non-hydrogen) atoms. The lowest BCUT2D eigenvalue weighted by atomic mass is 10.0. The third-order valence-corrected chi connectivity index (χ3v) is 8.94. The molecule has 0 N–H and O–H groups in total. The van der Waals surface area contributed by atoms with Crippen LogP contribution in [0.4, 0.5) is 0 Å². The number of ether oxygens (including phenoxy) is 1. The lowest BCUT2D eigenvalue weighted by Gasteiger charge is -2.04. The van der Waals surface area contributed by atoms with E-state index in [1.54, 1.807) is 0 Å². The summed E-state index contributed by atoms with van der Waals surface area (Å²) in [5.41, 5.74) is 0. The molecule has 0 spiro atoms. The van der Waals surface area contributed by atoms with E-state index in [1.807, 2.05) is 0 Å². The first-order valence-electron chi connectivity index (χ1n) is 19.7. The van der Waals surface area contributed by atoms with Crippen LogP contribution in [0.3, 0.4) is 0 Å². The van der Waals surface area contributed by atoms with Gasteiger partial charge in [0.15, 0.2) is 11.6 Å². The van der Waals surface area contributed by atoms with E-state index in [1.165, 1.54) is 128 Å². The second-order valence-electron chi connectivity index (χ2n) is 13.5. The van der Waals surface area contributed by atoms with Crippen molar-refractivity contribution < 1.29 is 38.7 Å². The molecule has 0 bridgehead atoms. The number of allylic oxidation sites excluding steroid dienone is 2. The topological polar surface area (TPSA) is 105 Å². The maximum Gasteiger partial charge on any atom is 0.369 e. The van der Waals surface area contributed by atoms with Gasteiger partial charge in [0.05, 0.1) is 13.2 Å². The van der Waals surface area contributed by atoms with Gasteiger partial charge in [-0.3, -0.25) is 14.5 Å². The van der Waals surface area contributed by atoms with Crippen molar-refractivity contribution in [3.05, 3.63) is 24.3 Å². The van der Waals surface area contributed by atoms with Crippen molar-refractivity contribution in [3.63, 3.8) is 0 Å². The Morgan fingerprint density at radius 1 is 0.333 bits per heavy atom. The van der Waals surface area contributed by atoms with Gasteiger partial charge in [-0.2, -0.15) is 4.89 Å². The maximum absolute atomic E-state index is 12.1. The van der Waals surface area contributed by atoms with Crippen LogP contribution >= 0.6 is 0 Å². The molecule has 8 heteroatoms. The van der Waals surface area contributed by atoms with Crippen LogP contribution in [0.5, 0.6) is 0 Å². The first kappa shape index (κ1) is 43.7. The molecule has 0 aromatic carbocycles. The maximum atomic E-state index is 12.1. The number of hydrogen-bond acceptors (Lipinski definition) is 8. The normalized spacial score (nSPS) is 22.2. The van der Waals surface area contributed by atoms with Gasteiger partial charge in [0.1, 0.15) is 0 Å². The van der Waals surface area contributed by atoms with Gasteiger partial charge in [0, 0.05) is 25.0 Å². The summed E-state index contributed by atoms with van der Waals surface area (Å²) in [6.07, 6.45) is 38.6. The highest BCUT2D eigenvalue weighted by Gasteiger charge is 2.04. The molecule has 1 heterocycles. The first-order valence-corrected chi connectivity index (χ1v) is 19.7. The number of cyclic esters (lactones) is 1. The van der Waals surface area contributed by atoms with Crippen molar-refractivity contribution in [1.29, 1.82) is 0 Å². The zero-order valence-corrected chi connectivity index (χ0v) is 30.2. The molecule has 0 aromatic rings. The Kier molecular flexibility index (Phi) is 31.4. The molecule has 0 fully saturated rings. The highest BCUT2D eigenvalue weighted by molar-refractivity contribution is 5.98. The number of ketones is 2. The monoisotopic (exact) mass is 676 g/mol. The van der Waals surface area contributed by atoms with Gasteiger partial charge in [-0.25, -0.2) is 9.59 Å². The second-order valence-corrected chi connectivity index (χ2v) is 13.5. The van der Waals surface area contributed by atoms with Gasteiger partial charge in [-0.05, 0) is 42.9 Å². The van der Waals surface area contributed by atoms with Crippen LogP contribution in [0.2, 0.25) is 0 Å². The number of rotatable bonds is 0. The summed E-state index contributed by atoms with van der Waals surface area (Å²) in [4.78, 5) is 57.0. The summed E-state index contributed by atoms with van der Waals surface area (Å²) < 4.78 is 5.14. The van der Waals surface area contributed by atoms with Gasteiger partial charge in [-0.15, -0.1) is 0 Å². The van der Waals surface area contributed by atoms with Crippen LogP contribution < -0.4 is 0 Å². The Bertz CT molecular complexity index is 727. The molecule has 0 saturated carbocycles. The van der Waals surface area contributed by atoms with Gasteiger partial charge < -0.3 is 4.74 Å². The fourth-order valence-electron chi connectivity index (χ4n) is 5.93. The predicted octanol–water partition coefficient (Wildman–Crippen LogP) is 10.9. The Labute approximate surface area is 292 Å². The third kappa shape index (κ3) is 32.2. The molecule has 276 valence electrons. The van der Waals surface area contributed by atoms with E-state index >= 15 is 0 Å². The molecule has 8 nitrogen and oxygen atoms in total. The van der Waals surface area contributed by atoms with E-state index in [0.717, 1.165) is 76.4 Å². The van der Waals surface area contributed by atoms with Gasteiger partial charge in [-0.1, -0.05) is 154 Å². The second kappa shape index (κ2) is 34.5. The summed E-state index contributed by atoms with van der Waals surface area (Å²) in [6, 6.07) is 0. The molecule has 0 unspecified atom stereocenters. The van der Waals surface area contributed by atoms with E-state index in [2.05, 4.69) is 9.93 Å². The fraction of sp³-hybridized carbons (Fsp3) is 0.800. The third-order valence-electron chi connectivity index (χ3n) is 8.94. The molecule has 1 aliphatic rings. The Morgan fingerprint density at radius 2 is 0.646 bits per heavy atom. The van der Waals surface area contributed by atoms with E-state index in [4.69, 9.17) is 9.62 Å². The van der Waals surface area contributed by atoms with E-state index in [-0.39, 0.29) is 11.6 Å². The highest BCUT2D eigenvalue weighted by Crippen LogP contribution is 2.15. The Hall–Kier alpha value is -2.32. The predicted molar refractivity (Wildman–Crippen MR) is 191 cm³/mol. The summed E-state index contributed by atoms with van der Waals surface area (Å²) in [7, 11) is 0. The molecular weight excluding hydrogens is 608 g/mol. The van der Waals surface area contributed by atoms with Gasteiger partial charge >= 0.3 is 11.9 Å². The molecule has 1 rings (SSSR count). The Balaban J connectivity index is 2.22. The van der Waals surface area contributed by atoms with Crippen molar-refractivity contribution in [3.8, 4) is 0 Å². The molecule has 0 radical (unpaired) electrons. The average Bonchev–Trinajstić information content (AvgIpc) is 3.08. The summed E-state index contributed by atoms with van der Waals surface area (Å²) in [5.74, 6) is -1.22. The van der Waals surface area contributed by atoms with E-state index in [9.17, 15) is 19.2 Å². The van der Waals surface area contributed by atoms with Crippen molar-refractivity contribution >= 4 is 23.5 Å². The van der Waals surface area contributed by atoms with Crippen LogP contribution in [0, 0.1) is 0 Å². The lowest BCUT2D eigenvalue weighted by Crippen LogP contribution is -2.07. The van der Waals surface area contributed by atoms with Crippen LogP contribution in [-0.4, -0.2) is 36.7 Å². The molecule has 0 amide bonds. The Morgan fingerprint density at radius 3 is 1.04 bits per heavy atom. The molecule has 0 aliphatic carbocycles. The number of hydrogen-bond donors (Lipinski definition) is 0. The quantitative estimate of drug-likeness (QED) is 0.184. The van der Waals surface area contributed by atoms with Crippen LogP contribution in [0.1, 0.15) is 193 Å². The molecular formula is C40H68O8. The minimum absolute atomic E-state index is 0.0825. The summed E-state index contributed by atoms with van der Waals surface area (Å²) >= 11 is 0. The number of carbonyl (C=O) groups excluding carboxylic acids is 4. The lowest BCUT2D eigenvalue weighted by molar-refractivity contribution is -0.485. The molecule has 1 aliphatic heterocycles. The zero-order chi connectivity index (χ0) is 34.6. The van der Waals surface area contributed by atoms with E-state index < -0.39 is 11.9 Å². The standard InChI is InChI=1S/C40H68O8/c41-37-29-25-21-17-13-9-5-2-1-3-7-11-15-19-23-27-35-45-39(43)33-34-40(44)47-48-46-36-28-24-20-16-12-8-4-6-10-14-18-22-26-30-38(42)32-31-37/h31-34H,1-30,35-36H2. The summed E-state index contributed by atoms with van der Waals surface area (Å²) in [6.45, 7) is 0.680. The zero-order valence-electron chi connectivity index (χ0n) is 30.2. The van der Waals surface area contributed by atoms with Crippen LogP contribution in [0.15, 0.2) is 24.3 Å². The molecule has 0 aromatic heterocycles. The fourth-order valence-corrected chi connectivity index (χ4v) is 5.93. The minimum atomic E-state index is -0.822. The highest BCUT2D eigenvalue weighted by atomic mass is 17.5. The number of carbonyl (C=O) groups is 4. The SMILES string of the molecule is O=C1C=CC(=O)CCCCCCCCCCCCCCCOOOC(=O)C=CC(=O)OCCCCCCCCCCCCCCCCC1. The van der Waals surface area contributed by atoms with Crippen molar-refractivity contribution in [1.82, 2.24) is 0 Å². The van der Waals surface area contributed by atoms with Crippen molar-refractivity contribution in [2.45, 2.75) is 193 Å². The molecule has 0 saturated heterocycles. The average molecular weight is 677 g/mol. The number of esters is 1. The molecule has 0 atom stereocenters. The van der Waals surface area contributed by atoms with Crippen molar-refractivity contribution in [2.24, 2.45) is 0 Å². The van der Waals surface area contributed by atoms with Gasteiger partial charge in [0.25, 0.3) is 0 Å². The summed E-state index contributed by atoms with van der Waals surface area (Å²) in [5, 5.41) is 4.48. The van der Waals surface area contributed by atoms with Crippen LogP contribution in [0.25, 0.3) is 0 Å². The first-order chi connectivity index (χ1) is 23.6. The van der Waals surface area contributed by atoms with Crippen LogP contribution in [-0.2, 0) is 38.7 Å². The largest absolute Gasteiger partial charge is 0.463 e.